The van der Waals surface area contributed by atoms with Crippen LogP contribution in [0, 0.1) is 0 Å². The SMILES string of the molecule is NC(=O)c1ccccc1Oc1ccc(O)c(Br)c1. The third-order valence-electron chi connectivity index (χ3n) is 2.30. The van der Waals surface area contributed by atoms with Crippen LogP contribution in [0.3, 0.4) is 0 Å². The van der Waals surface area contributed by atoms with Gasteiger partial charge in [-0.3, -0.25) is 4.79 Å². The molecule has 4 nitrogen and oxygen atoms in total. The lowest BCUT2D eigenvalue weighted by atomic mass is 10.2. The summed E-state index contributed by atoms with van der Waals surface area (Å²) in [5.41, 5.74) is 5.56. The van der Waals surface area contributed by atoms with E-state index in [1.165, 1.54) is 6.07 Å². The van der Waals surface area contributed by atoms with Crippen molar-refractivity contribution < 1.29 is 14.6 Å². The maximum atomic E-state index is 11.2. The fourth-order valence-electron chi connectivity index (χ4n) is 1.44. The number of aromatic hydroxyl groups is 1. The average Bonchev–Trinajstić information content (AvgIpc) is 2.34. The van der Waals surface area contributed by atoms with Crippen LogP contribution < -0.4 is 10.5 Å². The van der Waals surface area contributed by atoms with E-state index in [-0.39, 0.29) is 5.75 Å². The second-order valence-electron chi connectivity index (χ2n) is 3.58. The fraction of sp³-hybridized carbons (Fsp3) is 0. The molecular weight excluding hydrogens is 298 g/mol. The lowest BCUT2D eigenvalue weighted by molar-refractivity contribution is 0.0998. The molecule has 0 saturated heterocycles. The number of rotatable bonds is 3. The fourth-order valence-corrected chi connectivity index (χ4v) is 1.80. The van der Waals surface area contributed by atoms with Crippen LogP contribution in [0.25, 0.3) is 0 Å². The Labute approximate surface area is 112 Å². The lowest BCUT2D eigenvalue weighted by Gasteiger charge is -2.09. The van der Waals surface area contributed by atoms with Crippen LogP contribution in [-0.4, -0.2) is 11.0 Å². The monoisotopic (exact) mass is 307 g/mol. The Balaban J connectivity index is 2.34. The molecule has 18 heavy (non-hydrogen) atoms. The molecule has 0 radical (unpaired) electrons. The van der Waals surface area contributed by atoms with E-state index in [1.807, 2.05) is 0 Å². The summed E-state index contributed by atoms with van der Waals surface area (Å²) in [7, 11) is 0. The zero-order valence-electron chi connectivity index (χ0n) is 9.26. The number of nitrogens with two attached hydrogens (primary N) is 1. The van der Waals surface area contributed by atoms with E-state index in [2.05, 4.69) is 15.9 Å². The Morgan fingerprint density at radius 3 is 2.61 bits per heavy atom. The van der Waals surface area contributed by atoms with Gasteiger partial charge in [0.25, 0.3) is 5.91 Å². The van der Waals surface area contributed by atoms with Gasteiger partial charge in [-0.2, -0.15) is 0 Å². The standard InChI is InChI=1S/C13H10BrNO3/c14-10-7-8(5-6-11(10)16)18-12-4-2-1-3-9(12)13(15)17/h1-7,16H,(H2,15,17). The molecule has 0 aliphatic rings. The minimum Gasteiger partial charge on any atom is -0.507 e. The summed E-state index contributed by atoms with van der Waals surface area (Å²) in [6.07, 6.45) is 0. The first-order valence-corrected chi connectivity index (χ1v) is 5.92. The highest BCUT2D eigenvalue weighted by atomic mass is 79.9. The molecule has 0 unspecified atom stereocenters. The van der Waals surface area contributed by atoms with E-state index >= 15 is 0 Å². The van der Waals surface area contributed by atoms with Crippen molar-refractivity contribution in [2.45, 2.75) is 0 Å². The zero-order chi connectivity index (χ0) is 13.1. The Kier molecular flexibility index (Phi) is 3.53. The van der Waals surface area contributed by atoms with E-state index in [0.29, 0.717) is 21.5 Å². The van der Waals surface area contributed by atoms with Gasteiger partial charge in [-0.15, -0.1) is 0 Å². The first-order valence-electron chi connectivity index (χ1n) is 5.13. The number of hydrogen-bond acceptors (Lipinski definition) is 3. The number of phenols is 1. The molecular formula is C13H10BrNO3. The predicted octanol–water partition coefficient (Wildman–Crippen LogP) is 3.05. The van der Waals surface area contributed by atoms with Gasteiger partial charge in [0, 0.05) is 0 Å². The first-order chi connectivity index (χ1) is 8.58. The van der Waals surface area contributed by atoms with Crippen LogP contribution in [0.1, 0.15) is 10.4 Å². The maximum Gasteiger partial charge on any atom is 0.252 e. The van der Waals surface area contributed by atoms with Crippen molar-refractivity contribution in [3.63, 3.8) is 0 Å². The molecule has 1 amide bonds. The first kappa shape index (κ1) is 12.4. The summed E-state index contributed by atoms with van der Waals surface area (Å²) < 4.78 is 6.08. The van der Waals surface area contributed by atoms with Gasteiger partial charge in [-0.05, 0) is 46.3 Å². The summed E-state index contributed by atoms with van der Waals surface area (Å²) in [5.74, 6) is 0.435. The molecule has 0 aromatic heterocycles. The number of carbonyl (C=O) groups excluding carboxylic acids is 1. The summed E-state index contributed by atoms with van der Waals surface area (Å²) >= 11 is 3.19. The topological polar surface area (TPSA) is 72.6 Å². The molecule has 0 aliphatic carbocycles. The zero-order valence-corrected chi connectivity index (χ0v) is 10.8. The number of halogens is 1. The molecule has 0 atom stereocenters. The smallest absolute Gasteiger partial charge is 0.252 e. The molecule has 92 valence electrons. The quantitative estimate of drug-likeness (QED) is 0.915. The lowest BCUT2D eigenvalue weighted by Crippen LogP contribution is -2.11. The number of benzene rings is 2. The third kappa shape index (κ3) is 2.62. The van der Waals surface area contributed by atoms with Gasteiger partial charge in [0.15, 0.2) is 0 Å². The summed E-state index contributed by atoms with van der Waals surface area (Å²) in [6, 6.07) is 11.4. The Bertz CT molecular complexity index is 599. The molecule has 0 aliphatic heterocycles. The normalized spacial score (nSPS) is 10.1. The second-order valence-corrected chi connectivity index (χ2v) is 4.43. The van der Waals surface area contributed by atoms with Crippen molar-refractivity contribution in [2.75, 3.05) is 0 Å². The van der Waals surface area contributed by atoms with Gasteiger partial charge in [0.1, 0.15) is 17.2 Å². The van der Waals surface area contributed by atoms with Gasteiger partial charge in [-0.25, -0.2) is 0 Å². The number of hydrogen-bond donors (Lipinski definition) is 2. The van der Waals surface area contributed by atoms with Crippen LogP contribution in [0.2, 0.25) is 0 Å². The number of ether oxygens (including phenoxy) is 1. The van der Waals surface area contributed by atoms with E-state index in [9.17, 15) is 9.90 Å². The molecule has 3 N–H and O–H groups in total. The molecule has 0 saturated carbocycles. The summed E-state index contributed by atoms with van der Waals surface area (Å²) in [6.45, 7) is 0. The van der Waals surface area contributed by atoms with Crippen molar-refractivity contribution in [2.24, 2.45) is 5.73 Å². The van der Waals surface area contributed by atoms with Crippen molar-refractivity contribution >= 4 is 21.8 Å². The highest BCUT2D eigenvalue weighted by molar-refractivity contribution is 9.10. The van der Waals surface area contributed by atoms with Crippen LogP contribution in [0.15, 0.2) is 46.9 Å². The third-order valence-corrected chi connectivity index (χ3v) is 2.93. The Morgan fingerprint density at radius 2 is 1.94 bits per heavy atom. The van der Waals surface area contributed by atoms with Gasteiger partial charge < -0.3 is 15.6 Å². The second kappa shape index (κ2) is 5.10. The van der Waals surface area contributed by atoms with E-state index in [4.69, 9.17) is 10.5 Å². The van der Waals surface area contributed by atoms with Gasteiger partial charge in [-0.1, -0.05) is 12.1 Å². The Morgan fingerprint density at radius 1 is 1.22 bits per heavy atom. The largest absolute Gasteiger partial charge is 0.507 e. The van der Waals surface area contributed by atoms with Crippen molar-refractivity contribution in [3.8, 4) is 17.2 Å². The number of primary amides is 1. The molecule has 2 rings (SSSR count). The van der Waals surface area contributed by atoms with Crippen LogP contribution in [0.5, 0.6) is 17.2 Å². The van der Waals surface area contributed by atoms with E-state index in [1.54, 1.807) is 36.4 Å². The van der Waals surface area contributed by atoms with Crippen LogP contribution >= 0.6 is 15.9 Å². The molecule has 0 spiro atoms. The van der Waals surface area contributed by atoms with Crippen molar-refractivity contribution in [1.82, 2.24) is 0 Å². The number of phenolic OH excluding ortho intramolecular Hbond substituents is 1. The highest BCUT2D eigenvalue weighted by Crippen LogP contribution is 2.31. The van der Waals surface area contributed by atoms with Crippen molar-refractivity contribution in [3.05, 3.63) is 52.5 Å². The molecule has 5 heteroatoms. The number of amides is 1. The average molecular weight is 308 g/mol. The Hall–Kier alpha value is -2.01. The minimum absolute atomic E-state index is 0.116. The van der Waals surface area contributed by atoms with Gasteiger partial charge in [0.05, 0.1) is 10.0 Å². The van der Waals surface area contributed by atoms with Crippen LogP contribution in [0.4, 0.5) is 0 Å². The van der Waals surface area contributed by atoms with Crippen LogP contribution in [-0.2, 0) is 0 Å². The predicted molar refractivity (Wildman–Crippen MR) is 70.8 cm³/mol. The van der Waals surface area contributed by atoms with Gasteiger partial charge >= 0.3 is 0 Å². The summed E-state index contributed by atoms with van der Waals surface area (Å²) in [4.78, 5) is 11.2. The maximum absolute atomic E-state index is 11.2. The van der Waals surface area contributed by atoms with E-state index in [0.717, 1.165) is 0 Å². The molecule has 2 aromatic rings. The van der Waals surface area contributed by atoms with Gasteiger partial charge in [0.2, 0.25) is 0 Å². The molecule has 2 aromatic carbocycles. The summed E-state index contributed by atoms with van der Waals surface area (Å²) in [5, 5.41) is 9.38. The molecule has 0 fully saturated rings. The molecule has 0 heterocycles. The number of carbonyl (C=O) groups is 1. The highest BCUT2D eigenvalue weighted by Gasteiger charge is 2.09. The molecule has 0 bridgehead atoms. The van der Waals surface area contributed by atoms with Crippen molar-refractivity contribution in [1.29, 1.82) is 0 Å². The number of para-hydroxylation sites is 1. The van der Waals surface area contributed by atoms with E-state index < -0.39 is 5.91 Å². The minimum atomic E-state index is -0.552.